The summed E-state index contributed by atoms with van der Waals surface area (Å²) in [7, 11) is 0. The first-order valence-electron chi connectivity index (χ1n) is 8.54. The van der Waals surface area contributed by atoms with Gasteiger partial charge >= 0.3 is 0 Å². The van der Waals surface area contributed by atoms with E-state index in [9.17, 15) is 4.79 Å². The molecular formula is C17H21N5OS2. The van der Waals surface area contributed by atoms with Crippen LogP contribution in [0, 0.1) is 12.8 Å². The fraction of sp³-hybridized carbons (Fsp3) is 0.529. The summed E-state index contributed by atoms with van der Waals surface area (Å²) in [6, 6.07) is 0.270. The number of aryl methyl sites for hydroxylation is 1. The molecule has 2 atom stereocenters. The number of hydrogen-bond donors (Lipinski definition) is 0. The maximum atomic E-state index is 12.8. The average Bonchev–Trinajstić information content (AvgIpc) is 2.85. The van der Waals surface area contributed by atoms with Gasteiger partial charge in [-0.1, -0.05) is 11.8 Å². The molecule has 8 heteroatoms. The molecule has 2 bridgehead atoms. The molecule has 3 aliphatic heterocycles. The normalized spacial score (nSPS) is 22.9. The van der Waals surface area contributed by atoms with E-state index in [1.165, 1.54) is 6.42 Å². The van der Waals surface area contributed by atoms with Crippen LogP contribution in [0.25, 0.3) is 0 Å². The molecule has 0 N–H and O–H groups in total. The minimum Gasteiger partial charge on any atom is -0.353 e. The number of rotatable bonds is 4. The van der Waals surface area contributed by atoms with Gasteiger partial charge in [0.15, 0.2) is 4.34 Å². The Labute approximate surface area is 155 Å². The number of anilines is 1. The molecule has 3 fully saturated rings. The summed E-state index contributed by atoms with van der Waals surface area (Å²) in [5.74, 6) is 2.13. The largest absolute Gasteiger partial charge is 0.353 e. The third-order valence-electron chi connectivity index (χ3n) is 4.82. The van der Waals surface area contributed by atoms with Crippen molar-refractivity contribution in [3.8, 4) is 0 Å². The Hall–Kier alpha value is -1.67. The lowest BCUT2D eigenvalue weighted by molar-refractivity contribution is -0.132. The zero-order chi connectivity index (χ0) is 17.2. The Morgan fingerprint density at radius 1 is 1.32 bits per heavy atom. The second kappa shape index (κ2) is 7.29. The Bertz CT molecular complexity index is 738. The second-order valence-corrected chi connectivity index (χ2v) is 8.74. The highest BCUT2D eigenvalue weighted by molar-refractivity contribution is 8.01. The predicted octanol–water partition coefficient (Wildman–Crippen LogP) is 2.46. The smallest absolute Gasteiger partial charge is 0.233 e. The molecule has 2 aromatic heterocycles. The van der Waals surface area contributed by atoms with E-state index >= 15 is 0 Å². The van der Waals surface area contributed by atoms with E-state index in [0.717, 1.165) is 41.9 Å². The lowest BCUT2D eigenvalue weighted by Gasteiger charge is -2.36. The minimum absolute atomic E-state index is 0.230. The highest BCUT2D eigenvalue weighted by Gasteiger charge is 2.37. The summed E-state index contributed by atoms with van der Waals surface area (Å²) in [4.78, 5) is 30.2. The van der Waals surface area contributed by atoms with Gasteiger partial charge in [0.1, 0.15) is 5.82 Å². The molecule has 1 amide bonds. The molecule has 0 aliphatic carbocycles. The number of amides is 1. The molecule has 0 radical (unpaired) electrons. The lowest BCUT2D eigenvalue weighted by Crippen LogP contribution is -2.48. The van der Waals surface area contributed by atoms with Crippen LogP contribution in [0.15, 0.2) is 28.3 Å². The summed E-state index contributed by atoms with van der Waals surface area (Å²) in [5, 5.41) is 2.03. The SMILES string of the molecule is Cc1csc(SCC(=O)N2C[C@H]3CC[C@@H]2CN(c2cnccn2)C3)n1. The van der Waals surface area contributed by atoms with Crippen LogP contribution in [0.5, 0.6) is 0 Å². The highest BCUT2D eigenvalue weighted by Crippen LogP contribution is 2.31. The van der Waals surface area contributed by atoms with Crippen LogP contribution in [0.3, 0.4) is 0 Å². The van der Waals surface area contributed by atoms with E-state index in [4.69, 9.17) is 0 Å². The van der Waals surface area contributed by atoms with Crippen LogP contribution in [0.1, 0.15) is 18.5 Å². The molecule has 5 heterocycles. The van der Waals surface area contributed by atoms with Gasteiger partial charge in [0.2, 0.25) is 5.91 Å². The van der Waals surface area contributed by atoms with Crippen molar-refractivity contribution in [2.24, 2.45) is 5.92 Å². The van der Waals surface area contributed by atoms with Gasteiger partial charge in [-0.3, -0.25) is 9.78 Å². The first kappa shape index (κ1) is 16.8. The van der Waals surface area contributed by atoms with Gasteiger partial charge in [-0.2, -0.15) is 0 Å². The van der Waals surface area contributed by atoms with E-state index in [2.05, 4.69) is 24.8 Å². The standard InChI is InChI=1S/C17H21N5OS2/c1-12-10-24-17(20-12)25-11-16(23)22-8-13-2-3-14(22)9-21(7-13)15-6-18-4-5-19-15/h4-6,10,13-14H,2-3,7-9,11H2,1H3/t13-,14+/m0/s1. The highest BCUT2D eigenvalue weighted by atomic mass is 32.2. The molecule has 0 unspecified atom stereocenters. The molecule has 0 spiro atoms. The van der Waals surface area contributed by atoms with Crippen molar-refractivity contribution in [2.45, 2.75) is 30.1 Å². The average molecular weight is 376 g/mol. The van der Waals surface area contributed by atoms with E-state index in [0.29, 0.717) is 11.7 Å². The summed E-state index contributed by atoms with van der Waals surface area (Å²) in [6.07, 6.45) is 7.51. The number of aromatic nitrogens is 3. The van der Waals surface area contributed by atoms with Crippen molar-refractivity contribution >= 4 is 34.8 Å². The molecule has 3 saturated heterocycles. The van der Waals surface area contributed by atoms with Crippen LogP contribution in [-0.2, 0) is 4.79 Å². The Morgan fingerprint density at radius 2 is 2.24 bits per heavy atom. The molecule has 6 nitrogen and oxygen atoms in total. The third kappa shape index (κ3) is 3.79. The van der Waals surface area contributed by atoms with Gasteiger partial charge < -0.3 is 9.80 Å². The van der Waals surface area contributed by atoms with Gasteiger partial charge in [-0.05, 0) is 25.7 Å². The van der Waals surface area contributed by atoms with Gasteiger partial charge in [0.05, 0.1) is 11.9 Å². The zero-order valence-corrected chi connectivity index (χ0v) is 15.8. The van der Waals surface area contributed by atoms with Crippen LogP contribution >= 0.6 is 23.1 Å². The van der Waals surface area contributed by atoms with Gasteiger partial charge in [-0.25, -0.2) is 9.97 Å². The fourth-order valence-corrected chi connectivity index (χ4v) is 5.37. The monoisotopic (exact) mass is 375 g/mol. The van der Waals surface area contributed by atoms with Crippen LogP contribution < -0.4 is 4.90 Å². The summed E-state index contributed by atoms with van der Waals surface area (Å²) in [6.45, 7) is 4.65. The van der Waals surface area contributed by atoms with Crippen LogP contribution in [0.4, 0.5) is 5.82 Å². The van der Waals surface area contributed by atoms with Gasteiger partial charge in [0, 0.05) is 49.1 Å². The number of carbonyl (C=O) groups is 1. The Balaban J connectivity index is 1.42. The fourth-order valence-electron chi connectivity index (χ4n) is 3.63. The van der Waals surface area contributed by atoms with Crippen molar-refractivity contribution < 1.29 is 4.79 Å². The molecule has 5 rings (SSSR count). The number of fused-ring (bicyclic) bond motifs is 4. The first-order chi connectivity index (χ1) is 12.2. The van der Waals surface area contributed by atoms with Crippen LogP contribution in [-0.4, -0.2) is 57.2 Å². The molecule has 25 heavy (non-hydrogen) atoms. The topological polar surface area (TPSA) is 62.2 Å². The minimum atomic E-state index is 0.230. The quantitative estimate of drug-likeness (QED) is 0.765. The van der Waals surface area contributed by atoms with Crippen LogP contribution in [0.2, 0.25) is 0 Å². The van der Waals surface area contributed by atoms with E-state index in [1.54, 1.807) is 35.5 Å². The Kier molecular flexibility index (Phi) is 4.89. The molecule has 132 valence electrons. The number of nitrogens with zero attached hydrogens (tertiary/aromatic N) is 5. The summed E-state index contributed by atoms with van der Waals surface area (Å²) < 4.78 is 0.979. The summed E-state index contributed by atoms with van der Waals surface area (Å²) in [5.41, 5.74) is 1.02. The number of thioether (sulfide) groups is 1. The predicted molar refractivity (Wildman–Crippen MR) is 100 cm³/mol. The summed E-state index contributed by atoms with van der Waals surface area (Å²) >= 11 is 3.17. The zero-order valence-electron chi connectivity index (χ0n) is 14.2. The molecule has 0 aromatic carbocycles. The number of piperidine rings is 1. The Morgan fingerprint density at radius 3 is 3.00 bits per heavy atom. The van der Waals surface area contributed by atoms with Gasteiger partial charge in [0.25, 0.3) is 0 Å². The van der Waals surface area contributed by atoms with Crippen molar-refractivity contribution in [2.75, 3.05) is 30.3 Å². The number of carbonyl (C=O) groups excluding carboxylic acids is 1. The number of thiazole rings is 1. The van der Waals surface area contributed by atoms with Crippen molar-refractivity contribution in [3.63, 3.8) is 0 Å². The second-order valence-electron chi connectivity index (χ2n) is 6.66. The third-order valence-corrected chi connectivity index (χ3v) is 6.95. The number of hydrogen-bond acceptors (Lipinski definition) is 7. The van der Waals surface area contributed by atoms with E-state index < -0.39 is 0 Å². The molecule has 2 aromatic rings. The van der Waals surface area contributed by atoms with Crippen molar-refractivity contribution in [3.05, 3.63) is 29.7 Å². The van der Waals surface area contributed by atoms with Gasteiger partial charge in [-0.15, -0.1) is 11.3 Å². The maximum absolute atomic E-state index is 12.8. The first-order valence-corrected chi connectivity index (χ1v) is 10.4. The van der Waals surface area contributed by atoms with E-state index in [-0.39, 0.29) is 11.9 Å². The van der Waals surface area contributed by atoms with Crippen molar-refractivity contribution in [1.29, 1.82) is 0 Å². The van der Waals surface area contributed by atoms with E-state index in [1.807, 2.05) is 18.5 Å². The lowest BCUT2D eigenvalue weighted by atomic mass is 9.95. The van der Waals surface area contributed by atoms with Crippen molar-refractivity contribution in [1.82, 2.24) is 19.9 Å². The molecule has 0 saturated carbocycles. The maximum Gasteiger partial charge on any atom is 0.233 e. The molecule has 3 aliphatic rings. The molecular weight excluding hydrogens is 354 g/mol.